The molecule has 0 fully saturated rings. The molecule has 0 aliphatic heterocycles. The number of hydrogen-bond donors (Lipinski definition) is 1. The molecule has 0 bridgehead atoms. The van der Waals surface area contributed by atoms with E-state index in [9.17, 15) is 4.39 Å². The number of rotatable bonds is 5. The summed E-state index contributed by atoms with van der Waals surface area (Å²) in [5.74, 6) is 0.545. The van der Waals surface area contributed by atoms with Crippen LogP contribution in [0.1, 0.15) is 29.7 Å². The first-order valence-electron chi connectivity index (χ1n) is 6.92. The molecular weight excluding hydrogens is 333 g/mol. The van der Waals surface area contributed by atoms with Gasteiger partial charge in [-0.3, -0.25) is 0 Å². The minimum absolute atomic E-state index is 0.235. The second-order valence-corrected chi connectivity index (χ2v) is 5.78. The largest absolute Gasteiger partial charge is 0.494 e. The van der Waals surface area contributed by atoms with Crippen LogP contribution in [0.4, 0.5) is 4.39 Å². The molecule has 4 heteroatoms. The fourth-order valence-electron chi connectivity index (χ4n) is 2.39. The highest BCUT2D eigenvalue weighted by Crippen LogP contribution is 2.33. The Hall–Kier alpha value is -1.39. The third kappa shape index (κ3) is 3.63. The number of aryl methyl sites for hydroxylation is 1. The molecular formula is C17H19BrFNO. The molecule has 0 aromatic heterocycles. The van der Waals surface area contributed by atoms with E-state index in [2.05, 4.69) is 21.2 Å². The highest BCUT2D eigenvalue weighted by molar-refractivity contribution is 9.10. The van der Waals surface area contributed by atoms with Crippen molar-refractivity contribution in [1.29, 1.82) is 0 Å². The van der Waals surface area contributed by atoms with Crippen LogP contribution in [0.5, 0.6) is 5.75 Å². The van der Waals surface area contributed by atoms with Crippen LogP contribution in [0, 0.1) is 12.7 Å². The number of hydrogen-bond acceptors (Lipinski definition) is 2. The maximum atomic E-state index is 14.2. The van der Waals surface area contributed by atoms with Gasteiger partial charge < -0.3 is 10.1 Å². The Kier molecular flexibility index (Phi) is 5.37. The molecule has 0 saturated heterocycles. The second-order valence-electron chi connectivity index (χ2n) is 4.86. The van der Waals surface area contributed by atoms with Gasteiger partial charge in [0.1, 0.15) is 11.6 Å². The zero-order valence-electron chi connectivity index (χ0n) is 12.4. The lowest BCUT2D eigenvalue weighted by molar-refractivity contribution is 0.333. The van der Waals surface area contributed by atoms with Crippen LogP contribution in [0.2, 0.25) is 0 Å². The molecule has 2 rings (SSSR count). The average Bonchev–Trinajstić information content (AvgIpc) is 2.46. The Morgan fingerprint density at radius 3 is 2.62 bits per heavy atom. The SMILES string of the molecule is CCOc1ccc(C)cc1C(NC)c1cc(Br)ccc1F. The average molecular weight is 352 g/mol. The number of halogens is 2. The standard InChI is InChI=1S/C17H19BrFNO/c1-4-21-16-8-5-11(2)9-14(16)17(20-3)13-10-12(18)6-7-15(13)19/h5-10,17,20H,4H2,1-3H3. The molecule has 0 aliphatic rings. The van der Waals surface area contributed by atoms with Gasteiger partial charge in [-0.1, -0.05) is 33.6 Å². The molecule has 21 heavy (non-hydrogen) atoms. The van der Waals surface area contributed by atoms with E-state index in [4.69, 9.17) is 4.74 Å². The van der Waals surface area contributed by atoms with Crippen molar-refractivity contribution in [3.05, 3.63) is 63.4 Å². The third-order valence-corrected chi connectivity index (χ3v) is 3.83. The maximum absolute atomic E-state index is 14.2. The normalized spacial score (nSPS) is 12.2. The van der Waals surface area contributed by atoms with Crippen molar-refractivity contribution in [2.75, 3.05) is 13.7 Å². The predicted molar refractivity (Wildman–Crippen MR) is 87.4 cm³/mol. The van der Waals surface area contributed by atoms with Crippen molar-refractivity contribution in [2.24, 2.45) is 0 Å². The highest BCUT2D eigenvalue weighted by atomic mass is 79.9. The molecule has 0 heterocycles. The Morgan fingerprint density at radius 1 is 1.19 bits per heavy atom. The van der Waals surface area contributed by atoms with Crippen molar-refractivity contribution >= 4 is 15.9 Å². The minimum atomic E-state index is -0.260. The smallest absolute Gasteiger partial charge is 0.128 e. The van der Waals surface area contributed by atoms with Gasteiger partial charge in [0.2, 0.25) is 0 Å². The zero-order chi connectivity index (χ0) is 15.4. The van der Waals surface area contributed by atoms with Crippen LogP contribution < -0.4 is 10.1 Å². The minimum Gasteiger partial charge on any atom is -0.494 e. The summed E-state index contributed by atoms with van der Waals surface area (Å²) in [4.78, 5) is 0. The van der Waals surface area contributed by atoms with Crippen molar-refractivity contribution in [3.63, 3.8) is 0 Å². The number of ether oxygens (including phenoxy) is 1. The lowest BCUT2D eigenvalue weighted by atomic mass is 9.96. The van der Waals surface area contributed by atoms with Crippen molar-refractivity contribution in [3.8, 4) is 5.75 Å². The molecule has 1 N–H and O–H groups in total. The van der Waals surface area contributed by atoms with Crippen LogP contribution >= 0.6 is 15.9 Å². The Morgan fingerprint density at radius 2 is 1.95 bits per heavy atom. The first kappa shape index (κ1) is 16.0. The Labute approximate surface area is 133 Å². The maximum Gasteiger partial charge on any atom is 0.128 e. The first-order chi connectivity index (χ1) is 10.1. The van der Waals surface area contributed by atoms with E-state index in [1.807, 2.05) is 39.1 Å². The van der Waals surface area contributed by atoms with E-state index < -0.39 is 0 Å². The van der Waals surface area contributed by atoms with Gasteiger partial charge in [-0.05, 0) is 45.2 Å². The van der Waals surface area contributed by atoms with Crippen molar-refractivity contribution in [1.82, 2.24) is 5.32 Å². The van der Waals surface area contributed by atoms with Crippen LogP contribution in [-0.4, -0.2) is 13.7 Å². The molecule has 0 spiro atoms. The summed E-state index contributed by atoms with van der Waals surface area (Å²) in [6.45, 7) is 4.54. The zero-order valence-corrected chi connectivity index (χ0v) is 14.0. The molecule has 0 amide bonds. The molecule has 2 aromatic carbocycles. The highest BCUT2D eigenvalue weighted by Gasteiger charge is 2.20. The van der Waals surface area contributed by atoms with Crippen LogP contribution in [-0.2, 0) is 0 Å². The summed E-state index contributed by atoms with van der Waals surface area (Å²) in [7, 11) is 1.82. The van der Waals surface area contributed by atoms with E-state index >= 15 is 0 Å². The molecule has 0 radical (unpaired) electrons. The van der Waals surface area contributed by atoms with Gasteiger partial charge in [0, 0.05) is 15.6 Å². The van der Waals surface area contributed by atoms with Crippen LogP contribution in [0.3, 0.4) is 0 Å². The quantitative estimate of drug-likeness (QED) is 0.849. The van der Waals surface area contributed by atoms with Gasteiger partial charge in [-0.2, -0.15) is 0 Å². The van der Waals surface area contributed by atoms with E-state index in [1.54, 1.807) is 12.1 Å². The summed E-state index contributed by atoms with van der Waals surface area (Å²) in [6, 6.07) is 10.7. The molecule has 2 nitrogen and oxygen atoms in total. The number of benzene rings is 2. The van der Waals surface area contributed by atoms with Gasteiger partial charge in [0.05, 0.1) is 12.6 Å². The van der Waals surface area contributed by atoms with Gasteiger partial charge in [-0.15, -0.1) is 0 Å². The van der Waals surface area contributed by atoms with Crippen LogP contribution in [0.25, 0.3) is 0 Å². The molecule has 0 saturated carbocycles. The van der Waals surface area contributed by atoms with E-state index in [0.29, 0.717) is 12.2 Å². The molecule has 1 unspecified atom stereocenters. The fraction of sp³-hybridized carbons (Fsp3) is 0.294. The number of nitrogens with one attached hydrogen (secondary N) is 1. The molecule has 2 aromatic rings. The van der Waals surface area contributed by atoms with E-state index in [0.717, 1.165) is 21.3 Å². The summed E-state index contributed by atoms with van der Waals surface area (Å²) in [5.41, 5.74) is 2.65. The molecule has 112 valence electrons. The van der Waals surface area contributed by atoms with Gasteiger partial charge in [0.25, 0.3) is 0 Å². The summed E-state index contributed by atoms with van der Waals surface area (Å²) >= 11 is 3.40. The van der Waals surface area contributed by atoms with Gasteiger partial charge >= 0.3 is 0 Å². The Bertz CT molecular complexity index is 630. The Balaban J connectivity index is 2.55. The summed E-state index contributed by atoms with van der Waals surface area (Å²) < 4.78 is 20.8. The van der Waals surface area contributed by atoms with E-state index in [1.165, 1.54) is 6.07 Å². The molecule has 0 aliphatic carbocycles. The third-order valence-electron chi connectivity index (χ3n) is 3.33. The summed E-state index contributed by atoms with van der Waals surface area (Å²) in [5, 5.41) is 3.19. The second kappa shape index (κ2) is 7.05. The summed E-state index contributed by atoms with van der Waals surface area (Å²) in [6.07, 6.45) is 0. The lowest BCUT2D eigenvalue weighted by Crippen LogP contribution is -2.20. The first-order valence-corrected chi connectivity index (χ1v) is 7.71. The molecule has 1 atom stereocenters. The predicted octanol–water partition coefficient (Wildman–Crippen LogP) is 4.60. The van der Waals surface area contributed by atoms with E-state index in [-0.39, 0.29) is 11.9 Å². The van der Waals surface area contributed by atoms with Gasteiger partial charge in [0.15, 0.2) is 0 Å². The lowest BCUT2D eigenvalue weighted by Gasteiger charge is -2.21. The van der Waals surface area contributed by atoms with Gasteiger partial charge in [-0.25, -0.2) is 4.39 Å². The van der Waals surface area contributed by atoms with Crippen molar-refractivity contribution in [2.45, 2.75) is 19.9 Å². The van der Waals surface area contributed by atoms with Crippen LogP contribution in [0.15, 0.2) is 40.9 Å². The van der Waals surface area contributed by atoms with Crippen molar-refractivity contribution < 1.29 is 9.13 Å². The topological polar surface area (TPSA) is 21.3 Å². The fourth-order valence-corrected chi connectivity index (χ4v) is 2.77. The monoisotopic (exact) mass is 351 g/mol.